The molecule has 0 heterocycles. The number of ether oxygens (including phenoxy) is 1. The third kappa shape index (κ3) is 7.04. The summed E-state index contributed by atoms with van der Waals surface area (Å²) in [7, 11) is 1.60. The van der Waals surface area contributed by atoms with Gasteiger partial charge in [0.25, 0.3) is 0 Å². The van der Waals surface area contributed by atoms with Crippen LogP contribution in [0.5, 0.6) is 5.75 Å². The van der Waals surface area contributed by atoms with E-state index in [4.69, 9.17) is 9.84 Å². The Morgan fingerprint density at radius 3 is 2.08 bits per heavy atom. The second-order valence-electron chi connectivity index (χ2n) is 9.04. The molecule has 0 aromatic heterocycles. The van der Waals surface area contributed by atoms with Crippen molar-refractivity contribution in [3.63, 3.8) is 0 Å². The molecule has 0 aliphatic heterocycles. The van der Waals surface area contributed by atoms with Crippen LogP contribution in [0.4, 0.5) is 5.69 Å². The number of methoxy groups -OCH3 is 1. The van der Waals surface area contributed by atoms with Crippen LogP contribution in [0.25, 0.3) is 11.1 Å². The van der Waals surface area contributed by atoms with Gasteiger partial charge in [-0.1, -0.05) is 68.3 Å². The number of aldehydes is 1. The van der Waals surface area contributed by atoms with Gasteiger partial charge < -0.3 is 15.2 Å². The summed E-state index contributed by atoms with van der Waals surface area (Å²) in [6, 6.07) is 22.5. The summed E-state index contributed by atoms with van der Waals surface area (Å²) < 4.78 is 5.17. The van der Waals surface area contributed by atoms with Crippen molar-refractivity contribution in [1.82, 2.24) is 0 Å². The highest BCUT2D eigenvalue weighted by molar-refractivity contribution is 5.92. The molecule has 1 fully saturated rings. The minimum Gasteiger partial charge on any atom is -0.497 e. The largest absolute Gasteiger partial charge is 0.497 e. The summed E-state index contributed by atoms with van der Waals surface area (Å²) in [5.41, 5.74) is 3.98. The number of carboxylic acids is 1. The zero-order valence-electron chi connectivity index (χ0n) is 20.8. The van der Waals surface area contributed by atoms with E-state index in [9.17, 15) is 14.4 Å². The zero-order valence-corrected chi connectivity index (χ0v) is 20.8. The number of carboxylic acid groups (broad SMARTS) is 1. The van der Waals surface area contributed by atoms with Crippen LogP contribution in [-0.2, 0) is 16.0 Å². The van der Waals surface area contributed by atoms with Crippen molar-refractivity contribution in [2.24, 2.45) is 5.41 Å². The van der Waals surface area contributed by atoms with Crippen molar-refractivity contribution in [2.45, 2.75) is 45.4 Å². The summed E-state index contributed by atoms with van der Waals surface area (Å²) in [6.45, 7) is 1.97. The highest BCUT2D eigenvalue weighted by Gasteiger charge is 2.39. The van der Waals surface area contributed by atoms with E-state index >= 15 is 0 Å². The van der Waals surface area contributed by atoms with E-state index in [1.54, 1.807) is 19.2 Å². The van der Waals surface area contributed by atoms with Gasteiger partial charge in [-0.15, -0.1) is 0 Å². The number of anilines is 1. The van der Waals surface area contributed by atoms with E-state index in [-0.39, 0.29) is 17.7 Å². The minimum absolute atomic E-state index is 0.0821. The van der Waals surface area contributed by atoms with Crippen LogP contribution >= 0.6 is 0 Å². The monoisotopic (exact) mass is 487 g/mol. The number of rotatable bonds is 8. The molecule has 0 atom stereocenters. The van der Waals surface area contributed by atoms with E-state index in [2.05, 4.69) is 5.32 Å². The van der Waals surface area contributed by atoms with Gasteiger partial charge in [0.1, 0.15) is 12.0 Å². The van der Waals surface area contributed by atoms with Crippen LogP contribution < -0.4 is 10.1 Å². The van der Waals surface area contributed by atoms with Gasteiger partial charge in [-0.3, -0.25) is 14.4 Å². The van der Waals surface area contributed by atoms with Gasteiger partial charge in [0.05, 0.1) is 18.9 Å². The van der Waals surface area contributed by atoms with Crippen LogP contribution in [0.2, 0.25) is 0 Å². The van der Waals surface area contributed by atoms with Crippen LogP contribution in [0.3, 0.4) is 0 Å². The highest BCUT2D eigenvalue weighted by Crippen LogP contribution is 2.40. The maximum Gasteiger partial charge on any atom is 0.309 e. The maximum atomic E-state index is 12.2. The smallest absolute Gasteiger partial charge is 0.309 e. The van der Waals surface area contributed by atoms with Crippen LogP contribution in [0, 0.1) is 5.41 Å². The van der Waals surface area contributed by atoms with Crippen molar-refractivity contribution >= 4 is 23.9 Å². The standard InChI is InChI=1S/C22H19NO3.C8H14O2/c1-26-21-4-2-3-17(13-21)14-22(25)23-20-11-9-19(10-12-20)18-7-5-16(15-24)6-8-18;1-2-8(7(9)10)5-3-4-6-8/h2-13,15H,14H2,1H3,(H,23,25);2-6H2,1H3,(H,9,10). The van der Waals surface area contributed by atoms with Gasteiger partial charge in [-0.25, -0.2) is 0 Å². The molecule has 1 amide bonds. The topological polar surface area (TPSA) is 92.7 Å². The van der Waals surface area contributed by atoms with Crippen LogP contribution in [-0.4, -0.2) is 30.4 Å². The number of carbonyl (C=O) groups excluding carboxylic acids is 2. The molecule has 3 aromatic carbocycles. The summed E-state index contributed by atoms with van der Waals surface area (Å²) in [5.74, 6) is 0.0640. The second-order valence-corrected chi connectivity index (χ2v) is 9.04. The number of carbonyl (C=O) groups is 3. The van der Waals surface area contributed by atoms with Crippen molar-refractivity contribution in [3.8, 4) is 16.9 Å². The molecule has 3 aromatic rings. The maximum absolute atomic E-state index is 12.2. The molecule has 1 aliphatic carbocycles. The lowest BCUT2D eigenvalue weighted by molar-refractivity contribution is -0.148. The average molecular weight is 488 g/mol. The van der Waals surface area contributed by atoms with Crippen LogP contribution in [0.1, 0.15) is 54.9 Å². The Morgan fingerprint density at radius 2 is 1.58 bits per heavy atom. The summed E-state index contributed by atoms with van der Waals surface area (Å²) in [4.78, 5) is 33.7. The first kappa shape index (κ1) is 26.7. The normalized spacial score (nSPS) is 13.7. The zero-order chi connectivity index (χ0) is 26.0. The minimum atomic E-state index is -0.590. The predicted octanol–water partition coefficient (Wildman–Crippen LogP) is 6.40. The van der Waals surface area contributed by atoms with E-state index in [0.717, 1.165) is 66.5 Å². The van der Waals surface area contributed by atoms with Gasteiger partial charge in [0.15, 0.2) is 0 Å². The number of amides is 1. The SMILES string of the molecule is CCC1(C(=O)O)CCCC1.COc1cccc(CC(=O)Nc2ccc(-c3ccc(C=O)cc3)cc2)c1. The Morgan fingerprint density at radius 1 is 0.972 bits per heavy atom. The summed E-state index contributed by atoms with van der Waals surface area (Å²) >= 11 is 0. The molecule has 6 nitrogen and oxygen atoms in total. The lowest BCUT2D eigenvalue weighted by Crippen LogP contribution is -2.26. The number of hydrogen-bond donors (Lipinski definition) is 2. The number of nitrogens with one attached hydrogen (secondary N) is 1. The molecule has 188 valence electrons. The lowest BCUT2D eigenvalue weighted by atomic mass is 9.84. The summed E-state index contributed by atoms with van der Waals surface area (Å²) in [5, 5.41) is 11.8. The van der Waals surface area contributed by atoms with E-state index in [0.29, 0.717) is 5.56 Å². The Kier molecular flexibility index (Phi) is 9.39. The molecule has 4 rings (SSSR count). The van der Waals surface area contributed by atoms with Gasteiger partial charge in [0.2, 0.25) is 5.91 Å². The Labute approximate surface area is 212 Å². The first-order valence-corrected chi connectivity index (χ1v) is 12.2. The molecule has 0 saturated heterocycles. The first-order chi connectivity index (χ1) is 17.4. The fourth-order valence-corrected chi connectivity index (χ4v) is 4.44. The second kappa shape index (κ2) is 12.7. The Bertz CT molecular complexity index is 1160. The molecule has 6 heteroatoms. The van der Waals surface area contributed by atoms with E-state index in [1.807, 2.05) is 67.6 Å². The third-order valence-electron chi connectivity index (χ3n) is 6.74. The molecule has 2 N–H and O–H groups in total. The van der Waals surface area contributed by atoms with Crippen molar-refractivity contribution in [3.05, 3.63) is 83.9 Å². The molecular weight excluding hydrogens is 454 g/mol. The highest BCUT2D eigenvalue weighted by atomic mass is 16.5. The fraction of sp³-hybridized carbons (Fsp3) is 0.300. The number of hydrogen-bond acceptors (Lipinski definition) is 4. The van der Waals surface area contributed by atoms with Crippen LogP contribution in [0.15, 0.2) is 72.8 Å². The summed E-state index contributed by atoms with van der Waals surface area (Å²) in [6.07, 6.45) is 5.87. The molecular formula is C30H33NO5. The number of aliphatic carboxylic acids is 1. The van der Waals surface area contributed by atoms with E-state index < -0.39 is 5.97 Å². The predicted molar refractivity (Wildman–Crippen MR) is 141 cm³/mol. The Hall–Kier alpha value is -3.93. The Balaban J connectivity index is 0.000000303. The first-order valence-electron chi connectivity index (χ1n) is 12.2. The van der Waals surface area contributed by atoms with Gasteiger partial charge in [-0.2, -0.15) is 0 Å². The number of benzene rings is 3. The molecule has 0 spiro atoms. The molecule has 0 unspecified atom stereocenters. The van der Waals surface area contributed by atoms with Crippen molar-refractivity contribution in [1.29, 1.82) is 0 Å². The fourth-order valence-electron chi connectivity index (χ4n) is 4.44. The molecule has 1 saturated carbocycles. The third-order valence-corrected chi connectivity index (χ3v) is 6.74. The van der Waals surface area contributed by atoms with Gasteiger partial charge in [0, 0.05) is 11.3 Å². The molecule has 1 aliphatic rings. The quantitative estimate of drug-likeness (QED) is 0.359. The van der Waals surface area contributed by atoms with Crippen molar-refractivity contribution < 1.29 is 24.2 Å². The molecule has 0 radical (unpaired) electrons. The molecule has 36 heavy (non-hydrogen) atoms. The lowest BCUT2D eigenvalue weighted by Gasteiger charge is -2.20. The van der Waals surface area contributed by atoms with Crippen molar-refractivity contribution in [2.75, 3.05) is 12.4 Å². The molecule has 0 bridgehead atoms. The van der Waals surface area contributed by atoms with E-state index in [1.165, 1.54) is 0 Å². The van der Waals surface area contributed by atoms with Gasteiger partial charge >= 0.3 is 5.97 Å². The van der Waals surface area contributed by atoms with Gasteiger partial charge in [-0.05, 0) is 60.2 Å². The average Bonchev–Trinajstić information content (AvgIpc) is 3.40.